The number of rotatable bonds is 13. The van der Waals surface area contributed by atoms with Gasteiger partial charge in [-0.1, -0.05) is 48.5 Å². The Bertz CT molecular complexity index is 1810. The van der Waals surface area contributed by atoms with Crippen LogP contribution in [0.2, 0.25) is 0 Å². The first-order valence-corrected chi connectivity index (χ1v) is 18.6. The summed E-state index contributed by atoms with van der Waals surface area (Å²) < 4.78 is 0.517. The monoisotopic (exact) mass is 841 g/mol. The van der Waals surface area contributed by atoms with Crippen LogP contribution in [0, 0.1) is 8.98 Å². The number of phenolic OH excluding ortho intramolecular Hbond substituents is 1. The third-order valence-corrected chi connectivity index (χ3v) is 10.2. The Labute approximate surface area is 322 Å². The Kier molecular flexibility index (Phi) is 14.9. The number of halogens is 1. The highest BCUT2D eigenvalue weighted by atomic mass is 127. The van der Waals surface area contributed by atoms with Gasteiger partial charge in [0.1, 0.15) is 17.8 Å². The second-order valence-electron chi connectivity index (χ2n) is 13.2. The zero-order chi connectivity index (χ0) is 38.5. The van der Waals surface area contributed by atoms with E-state index in [-0.39, 0.29) is 50.5 Å². The van der Waals surface area contributed by atoms with Crippen molar-refractivity contribution in [2.24, 2.45) is 11.5 Å². The van der Waals surface area contributed by atoms with Crippen molar-refractivity contribution < 1.29 is 29.1 Å². The molecule has 15 nitrogen and oxygen atoms in total. The number of fused-ring (bicyclic) bond motifs is 1. The highest BCUT2D eigenvalue weighted by Gasteiger charge is 2.43. The largest absolute Gasteiger partial charge is 0.507 e. The number of carbonyl (C=O) groups excluding carboxylic acids is 5. The average molecular weight is 842 g/mol. The zero-order valence-electron chi connectivity index (χ0n) is 29.6. The molecule has 11 N–H and O–H groups in total. The van der Waals surface area contributed by atoms with Crippen molar-refractivity contribution in [1.29, 1.82) is 5.41 Å². The van der Waals surface area contributed by atoms with Gasteiger partial charge in [-0.3, -0.25) is 34.3 Å². The first-order valence-electron chi connectivity index (χ1n) is 17.5. The number of phenols is 1. The Morgan fingerprint density at radius 2 is 1.66 bits per heavy atom. The fourth-order valence-electron chi connectivity index (χ4n) is 6.36. The van der Waals surface area contributed by atoms with Crippen LogP contribution in [0.3, 0.4) is 0 Å². The Hall–Kier alpha value is -4.81. The fraction of sp³-hybridized carbons (Fsp3) is 0.405. The minimum Gasteiger partial charge on any atom is -0.507 e. The lowest BCUT2D eigenvalue weighted by Gasteiger charge is -2.42. The lowest BCUT2D eigenvalue weighted by molar-refractivity contribution is -0.141. The van der Waals surface area contributed by atoms with Gasteiger partial charge in [0.2, 0.25) is 23.6 Å². The molecule has 1 fully saturated rings. The van der Waals surface area contributed by atoms with Crippen molar-refractivity contribution in [2.75, 3.05) is 26.7 Å². The standard InChI is InChI=1S/C37H48IN9O6/c1-47-30(9-4-16-39)35(53)45-28(8-5-17-42-36(40)41)34(52)44-29(14-11-23-10-13-25-6-2-3-7-26(25)18-23)33(51)43-21-32(50)46-37(47,22-48)20-24-12-15-31(49)27(38)19-24/h2-3,6-7,10,12-13,15,18-19,22,28-30,49H,4-5,8-9,11,14,16-17,20-21,39H2,1H3,(H,43,51)(H,44,52)(H,45,53)(H,46,50)(H4,40,41,42)/t28-,29-,30+,37+/m0/s1. The first kappa shape index (κ1) is 41.0. The van der Waals surface area contributed by atoms with Gasteiger partial charge in [0.15, 0.2) is 17.9 Å². The lowest BCUT2D eigenvalue weighted by Crippen LogP contribution is -2.68. The fourth-order valence-corrected chi connectivity index (χ4v) is 6.94. The van der Waals surface area contributed by atoms with E-state index in [1.165, 1.54) is 18.0 Å². The number of hydrogen-bond donors (Lipinski definition) is 9. The predicted octanol–water partition coefficient (Wildman–Crippen LogP) is 0.739. The van der Waals surface area contributed by atoms with Gasteiger partial charge >= 0.3 is 0 Å². The molecule has 53 heavy (non-hydrogen) atoms. The summed E-state index contributed by atoms with van der Waals surface area (Å²) in [7, 11) is 1.53. The number of likely N-dealkylation sites (N-methyl/N-ethyl adjacent to an activating group) is 1. The van der Waals surface area contributed by atoms with E-state index in [4.69, 9.17) is 16.9 Å². The number of aromatic hydroxyl groups is 1. The molecule has 284 valence electrons. The van der Waals surface area contributed by atoms with Crippen molar-refractivity contribution in [3.63, 3.8) is 0 Å². The van der Waals surface area contributed by atoms with E-state index < -0.39 is 54.0 Å². The maximum atomic E-state index is 14.2. The van der Waals surface area contributed by atoms with E-state index in [0.717, 1.165) is 16.3 Å². The second-order valence-corrected chi connectivity index (χ2v) is 14.3. The summed E-state index contributed by atoms with van der Waals surface area (Å²) >= 11 is 1.95. The number of guanidine groups is 1. The molecule has 4 atom stereocenters. The molecular weight excluding hydrogens is 793 g/mol. The maximum Gasteiger partial charge on any atom is 0.243 e. The van der Waals surface area contributed by atoms with Gasteiger partial charge in [-0.15, -0.1) is 0 Å². The number of nitrogens with one attached hydrogen (secondary N) is 6. The summed E-state index contributed by atoms with van der Waals surface area (Å²) in [6.45, 7) is -0.0274. The number of aryl methyl sites for hydroxylation is 1. The van der Waals surface area contributed by atoms with Gasteiger partial charge in [-0.05, 0) is 109 Å². The number of hydrogen-bond acceptors (Lipinski definition) is 9. The van der Waals surface area contributed by atoms with Crippen LogP contribution in [0.5, 0.6) is 5.75 Å². The summed E-state index contributed by atoms with van der Waals surface area (Å²) in [4.78, 5) is 70.1. The van der Waals surface area contributed by atoms with Crippen LogP contribution in [0.15, 0.2) is 60.7 Å². The van der Waals surface area contributed by atoms with E-state index >= 15 is 0 Å². The van der Waals surface area contributed by atoms with E-state index in [9.17, 15) is 29.1 Å². The number of benzene rings is 3. The second kappa shape index (κ2) is 19.3. The van der Waals surface area contributed by atoms with E-state index in [1.807, 2.05) is 65.1 Å². The molecule has 0 aromatic heterocycles. The summed E-state index contributed by atoms with van der Waals surface area (Å²) in [5.74, 6) is -2.71. The van der Waals surface area contributed by atoms with Crippen LogP contribution in [-0.4, -0.2) is 96.4 Å². The molecule has 1 saturated heterocycles. The van der Waals surface area contributed by atoms with Crippen LogP contribution in [-0.2, 0) is 36.8 Å². The van der Waals surface area contributed by atoms with Crippen LogP contribution >= 0.6 is 22.6 Å². The molecule has 3 aromatic carbocycles. The van der Waals surface area contributed by atoms with Gasteiger partial charge < -0.3 is 43.2 Å². The Morgan fingerprint density at radius 3 is 2.36 bits per heavy atom. The normalized spacial score (nSPS) is 21.8. The molecule has 16 heteroatoms. The van der Waals surface area contributed by atoms with Crippen molar-refractivity contribution in [3.8, 4) is 5.75 Å². The number of amides is 4. The molecular formula is C37H48IN9O6. The average Bonchev–Trinajstić information content (AvgIpc) is 3.14. The minimum absolute atomic E-state index is 0.0406. The number of nitrogens with zero attached hydrogens (tertiary/aromatic N) is 1. The molecule has 4 rings (SSSR count). The number of nitrogens with two attached hydrogens (primary N) is 2. The molecule has 1 heterocycles. The van der Waals surface area contributed by atoms with Gasteiger partial charge in [-0.2, -0.15) is 0 Å². The summed E-state index contributed by atoms with van der Waals surface area (Å²) in [6.07, 6.45) is 2.09. The third-order valence-electron chi connectivity index (χ3n) is 9.33. The smallest absolute Gasteiger partial charge is 0.243 e. The quantitative estimate of drug-likeness (QED) is 0.0384. The highest BCUT2D eigenvalue weighted by molar-refractivity contribution is 14.1. The van der Waals surface area contributed by atoms with Crippen molar-refractivity contribution in [1.82, 2.24) is 31.5 Å². The SMILES string of the molecule is CN1[C@H](CCCN)C(=O)N[C@@H](CCCNC(=N)N)C(=O)N[C@@H](CCc2ccc3ccccc3c2)C(=O)NCC(=O)N[C@]1(C=O)Cc1ccc(O)c(I)c1. The van der Waals surface area contributed by atoms with Crippen molar-refractivity contribution >= 4 is 69.2 Å². The minimum atomic E-state index is -1.79. The van der Waals surface area contributed by atoms with E-state index in [1.54, 1.807) is 12.1 Å². The summed E-state index contributed by atoms with van der Waals surface area (Å²) in [5.41, 5.74) is 11.0. The number of carbonyl (C=O) groups is 5. The Balaban J connectivity index is 1.70. The van der Waals surface area contributed by atoms with Crippen LogP contribution < -0.4 is 38.1 Å². The molecule has 3 aromatic rings. The third kappa shape index (κ3) is 11.3. The summed E-state index contributed by atoms with van der Waals surface area (Å²) in [6, 6.07) is 15.4. The predicted molar refractivity (Wildman–Crippen MR) is 210 cm³/mol. The molecule has 0 radical (unpaired) electrons. The van der Waals surface area contributed by atoms with E-state index in [2.05, 4.69) is 26.6 Å². The Morgan fingerprint density at radius 1 is 0.962 bits per heavy atom. The molecule has 0 aliphatic carbocycles. The van der Waals surface area contributed by atoms with Gasteiger partial charge in [0, 0.05) is 13.0 Å². The molecule has 0 unspecified atom stereocenters. The van der Waals surface area contributed by atoms with Crippen LogP contribution in [0.1, 0.15) is 43.2 Å². The van der Waals surface area contributed by atoms with Gasteiger partial charge in [-0.25, -0.2) is 0 Å². The molecule has 4 amide bonds. The van der Waals surface area contributed by atoms with Crippen LogP contribution in [0.25, 0.3) is 10.8 Å². The molecule has 0 spiro atoms. The van der Waals surface area contributed by atoms with E-state index in [0.29, 0.717) is 34.7 Å². The molecule has 0 bridgehead atoms. The van der Waals surface area contributed by atoms with Crippen LogP contribution in [0.4, 0.5) is 0 Å². The molecule has 1 aliphatic rings. The summed E-state index contributed by atoms with van der Waals surface area (Å²) in [5, 5.41) is 33.4. The zero-order valence-corrected chi connectivity index (χ0v) is 31.8. The number of aldehydes is 1. The topological polar surface area (TPSA) is 245 Å². The maximum absolute atomic E-state index is 14.2. The van der Waals surface area contributed by atoms with Crippen molar-refractivity contribution in [3.05, 3.63) is 75.4 Å². The highest BCUT2D eigenvalue weighted by Crippen LogP contribution is 2.26. The molecule has 1 aliphatic heterocycles. The van der Waals surface area contributed by atoms with Crippen molar-refractivity contribution in [2.45, 2.75) is 68.7 Å². The van der Waals surface area contributed by atoms with Gasteiger partial charge in [0.25, 0.3) is 0 Å². The molecule has 0 saturated carbocycles. The van der Waals surface area contributed by atoms with Gasteiger partial charge in [0.05, 0.1) is 16.2 Å². The first-order chi connectivity index (χ1) is 25.3. The lowest BCUT2D eigenvalue weighted by atomic mass is 9.95.